The third-order valence-electron chi connectivity index (χ3n) is 2.44. The zero-order valence-corrected chi connectivity index (χ0v) is 10.7. The van der Waals surface area contributed by atoms with Crippen LogP contribution in [0, 0.1) is 17.0 Å². The molecular weight excluding hydrogens is 258 g/mol. The standard InChI is InChI=1S/C12H12ClNO4/c1-8-9(4-3-5-13)6-10(14(16)17)7-11(8)12(15)18-2/h3-4,6-7H,5H2,1-2H3. The summed E-state index contributed by atoms with van der Waals surface area (Å²) in [6.07, 6.45) is 3.29. The van der Waals surface area contributed by atoms with Gasteiger partial charge in [0.2, 0.25) is 0 Å². The first-order chi connectivity index (χ1) is 8.51. The molecule has 0 spiro atoms. The van der Waals surface area contributed by atoms with Gasteiger partial charge in [-0.05, 0) is 18.1 Å². The Hall–Kier alpha value is -1.88. The average molecular weight is 270 g/mol. The number of hydrogen-bond acceptors (Lipinski definition) is 4. The molecule has 5 nitrogen and oxygen atoms in total. The largest absolute Gasteiger partial charge is 0.465 e. The molecule has 18 heavy (non-hydrogen) atoms. The molecule has 0 radical (unpaired) electrons. The minimum Gasteiger partial charge on any atom is -0.465 e. The van der Waals surface area contributed by atoms with Crippen molar-refractivity contribution in [2.75, 3.05) is 13.0 Å². The van der Waals surface area contributed by atoms with Crippen LogP contribution >= 0.6 is 11.6 Å². The normalized spacial score (nSPS) is 10.6. The Morgan fingerprint density at radius 3 is 2.72 bits per heavy atom. The molecular formula is C12H12ClNO4. The number of ether oxygens (including phenoxy) is 1. The summed E-state index contributed by atoms with van der Waals surface area (Å²) in [5, 5.41) is 10.8. The Kier molecular flexibility index (Phi) is 4.85. The van der Waals surface area contributed by atoms with Gasteiger partial charge in [-0.3, -0.25) is 10.1 Å². The molecule has 0 N–H and O–H groups in total. The molecule has 1 aromatic carbocycles. The van der Waals surface area contributed by atoms with Gasteiger partial charge in [0.15, 0.2) is 0 Å². The van der Waals surface area contributed by atoms with E-state index in [1.54, 1.807) is 19.1 Å². The van der Waals surface area contributed by atoms with Crippen LogP contribution in [0.25, 0.3) is 6.08 Å². The summed E-state index contributed by atoms with van der Waals surface area (Å²) in [5.74, 6) is -0.313. The SMILES string of the molecule is COC(=O)c1cc([N+](=O)[O-])cc(C=CCCl)c1C. The number of hydrogen-bond donors (Lipinski definition) is 0. The molecule has 0 unspecified atom stereocenters. The number of benzene rings is 1. The number of esters is 1. The number of halogens is 1. The lowest BCUT2D eigenvalue weighted by atomic mass is 10.0. The second kappa shape index (κ2) is 6.16. The molecule has 0 aliphatic rings. The molecule has 0 aliphatic carbocycles. The van der Waals surface area contributed by atoms with E-state index in [-0.39, 0.29) is 17.1 Å². The Morgan fingerprint density at radius 2 is 2.22 bits per heavy atom. The van der Waals surface area contributed by atoms with E-state index in [1.807, 2.05) is 0 Å². The number of carbonyl (C=O) groups is 1. The number of allylic oxidation sites excluding steroid dienone is 1. The van der Waals surface area contributed by atoms with Crippen LogP contribution in [0.4, 0.5) is 5.69 Å². The number of nitrogens with zero attached hydrogens (tertiary/aromatic N) is 1. The fourth-order valence-corrected chi connectivity index (χ4v) is 1.58. The second-order valence-corrected chi connectivity index (χ2v) is 3.82. The fraction of sp³-hybridized carbons (Fsp3) is 0.250. The summed E-state index contributed by atoms with van der Waals surface area (Å²) in [6.45, 7) is 1.70. The monoisotopic (exact) mass is 269 g/mol. The van der Waals surface area contributed by atoms with E-state index in [4.69, 9.17) is 11.6 Å². The van der Waals surface area contributed by atoms with E-state index >= 15 is 0 Å². The zero-order chi connectivity index (χ0) is 13.7. The van der Waals surface area contributed by atoms with Crippen LogP contribution in [-0.4, -0.2) is 23.9 Å². The summed E-state index contributed by atoms with van der Waals surface area (Å²) >= 11 is 5.52. The predicted octanol–water partition coefficient (Wildman–Crippen LogP) is 2.94. The first kappa shape index (κ1) is 14.2. The molecule has 0 fully saturated rings. The van der Waals surface area contributed by atoms with Crippen molar-refractivity contribution < 1.29 is 14.5 Å². The van der Waals surface area contributed by atoms with Gasteiger partial charge in [-0.2, -0.15) is 0 Å². The van der Waals surface area contributed by atoms with Crippen molar-refractivity contribution in [2.45, 2.75) is 6.92 Å². The van der Waals surface area contributed by atoms with Crippen molar-refractivity contribution in [3.63, 3.8) is 0 Å². The lowest BCUT2D eigenvalue weighted by Crippen LogP contribution is -2.06. The summed E-state index contributed by atoms with van der Waals surface area (Å²) < 4.78 is 4.60. The summed E-state index contributed by atoms with van der Waals surface area (Å²) in [7, 11) is 1.23. The zero-order valence-electron chi connectivity index (χ0n) is 9.97. The number of non-ortho nitro benzene ring substituents is 1. The van der Waals surface area contributed by atoms with Crippen LogP contribution < -0.4 is 0 Å². The molecule has 96 valence electrons. The van der Waals surface area contributed by atoms with E-state index in [1.165, 1.54) is 19.2 Å². The highest BCUT2D eigenvalue weighted by molar-refractivity contribution is 6.19. The number of methoxy groups -OCH3 is 1. The number of rotatable bonds is 4. The van der Waals surface area contributed by atoms with Crippen molar-refractivity contribution in [1.82, 2.24) is 0 Å². The maximum absolute atomic E-state index is 11.5. The Morgan fingerprint density at radius 1 is 1.56 bits per heavy atom. The lowest BCUT2D eigenvalue weighted by Gasteiger charge is -2.07. The van der Waals surface area contributed by atoms with Crippen molar-refractivity contribution in [1.29, 1.82) is 0 Å². The highest BCUT2D eigenvalue weighted by Gasteiger charge is 2.17. The van der Waals surface area contributed by atoms with Gasteiger partial charge in [-0.15, -0.1) is 11.6 Å². The number of nitro benzene ring substituents is 1. The Labute approximate surface area is 109 Å². The molecule has 0 aromatic heterocycles. The summed E-state index contributed by atoms with van der Waals surface area (Å²) in [5.41, 5.74) is 1.22. The average Bonchev–Trinajstić information content (AvgIpc) is 2.36. The topological polar surface area (TPSA) is 69.4 Å². The van der Waals surface area contributed by atoms with Crippen molar-refractivity contribution in [2.24, 2.45) is 0 Å². The highest BCUT2D eigenvalue weighted by atomic mass is 35.5. The Balaban J connectivity index is 3.42. The molecule has 0 atom stereocenters. The number of carbonyl (C=O) groups excluding carboxylic acids is 1. The van der Waals surface area contributed by atoms with Gasteiger partial charge >= 0.3 is 5.97 Å². The third-order valence-corrected chi connectivity index (χ3v) is 2.61. The van der Waals surface area contributed by atoms with Crippen molar-refractivity contribution in [3.05, 3.63) is 45.0 Å². The molecule has 1 aromatic rings. The van der Waals surface area contributed by atoms with E-state index in [9.17, 15) is 14.9 Å². The predicted molar refractivity (Wildman–Crippen MR) is 68.9 cm³/mol. The van der Waals surface area contributed by atoms with Gasteiger partial charge in [0.05, 0.1) is 17.6 Å². The van der Waals surface area contributed by atoms with Crippen LogP contribution in [0.3, 0.4) is 0 Å². The van der Waals surface area contributed by atoms with Gasteiger partial charge in [0, 0.05) is 18.0 Å². The van der Waals surface area contributed by atoms with Crippen LogP contribution in [0.15, 0.2) is 18.2 Å². The molecule has 0 saturated heterocycles. The lowest BCUT2D eigenvalue weighted by molar-refractivity contribution is -0.384. The molecule has 1 rings (SSSR count). The van der Waals surface area contributed by atoms with Gasteiger partial charge in [0.1, 0.15) is 0 Å². The van der Waals surface area contributed by atoms with Gasteiger partial charge in [0.25, 0.3) is 5.69 Å². The molecule has 0 amide bonds. The quantitative estimate of drug-likeness (QED) is 0.365. The van der Waals surface area contributed by atoms with Crippen LogP contribution in [-0.2, 0) is 4.74 Å². The molecule has 0 saturated carbocycles. The van der Waals surface area contributed by atoms with Gasteiger partial charge < -0.3 is 4.74 Å². The van der Waals surface area contributed by atoms with E-state index in [0.717, 1.165) is 0 Å². The highest BCUT2D eigenvalue weighted by Crippen LogP contribution is 2.24. The van der Waals surface area contributed by atoms with Gasteiger partial charge in [-0.25, -0.2) is 4.79 Å². The minimum absolute atomic E-state index is 0.157. The van der Waals surface area contributed by atoms with E-state index in [2.05, 4.69) is 4.74 Å². The first-order valence-corrected chi connectivity index (χ1v) is 5.64. The number of nitro groups is 1. The van der Waals surface area contributed by atoms with E-state index < -0.39 is 10.9 Å². The van der Waals surface area contributed by atoms with Crippen molar-refractivity contribution >= 4 is 29.3 Å². The minimum atomic E-state index is -0.600. The van der Waals surface area contributed by atoms with Gasteiger partial charge in [-0.1, -0.05) is 12.2 Å². The summed E-state index contributed by atoms with van der Waals surface area (Å²) in [6, 6.07) is 2.60. The Bertz CT molecular complexity index is 511. The maximum Gasteiger partial charge on any atom is 0.338 e. The van der Waals surface area contributed by atoms with Crippen molar-refractivity contribution in [3.8, 4) is 0 Å². The third kappa shape index (κ3) is 3.07. The number of alkyl halides is 1. The molecule has 0 heterocycles. The van der Waals surface area contributed by atoms with E-state index in [0.29, 0.717) is 11.1 Å². The summed E-state index contributed by atoms with van der Waals surface area (Å²) in [4.78, 5) is 21.8. The fourth-order valence-electron chi connectivity index (χ4n) is 1.49. The van der Waals surface area contributed by atoms with Crippen LogP contribution in [0.2, 0.25) is 0 Å². The smallest absolute Gasteiger partial charge is 0.338 e. The molecule has 0 aliphatic heterocycles. The first-order valence-electron chi connectivity index (χ1n) is 5.11. The molecule has 0 bridgehead atoms. The molecule has 6 heteroatoms. The van der Waals surface area contributed by atoms with Crippen LogP contribution in [0.5, 0.6) is 0 Å². The second-order valence-electron chi connectivity index (χ2n) is 3.51. The maximum atomic E-state index is 11.5. The van der Waals surface area contributed by atoms with Crippen LogP contribution in [0.1, 0.15) is 21.5 Å².